The molecule has 104 valence electrons. The molecule has 0 saturated carbocycles. The lowest BCUT2D eigenvalue weighted by Crippen LogP contribution is -2.41. The highest BCUT2D eigenvalue weighted by atomic mass is 16.3. The van der Waals surface area contributed by atoms with Gasteiger partial charge in [0.15, 0.2) is 0 Å². The van der Waals surface area contributed by atoms with Crippen molar-refractivity contribution in [3.8, 4) is 0 Å². The second-order valence-electron chi connectivity index (χ2n) is 6.28. The summed E-state index contributed by atoms with van der Waals surface area (Å²) in [7, 11) is 0. The molecule has 2 rings (SSSR count). The van der Waals surface area contributed by atoms with Crippen LogP contribution in [-0.2, 0) is 6.42 Å². The van der Waals surface area contributed by atoms with Crippen LogP contribution in [0.25, 0.3) is 0 Å². The average molecular weight is 260 g/mol. The molecule has 0 spiro atoms. The van der Waals surface area contributed by atoms with Crippen molar-refractivity contribution in [2.45, 2.75) is 45.3 Å². The molecule has 0 fully saturated rings. The largest absolute Gasteiger partial charge is 0.390 e. The first-order chi connectivity index (χ1) is 8.88. The summed E-state index contributed by atoms with van der Waals surface area (Å²) in [6.07, 6.45) is 3.29. The molecule has 0 radical (unpaired) electrons. The van der Waals surface area contributed by atoms with Gasteiger partial charge < -0.3 is 10.2 Å². The summed E-state index contributed by atoms with van der Waals surface area (Å²) in [6, 6.07) is 10.3. The fourth-order valence-corrected chi connectivity index (χ4v) is 3.07. The van der Waals surface area contributed by atoms with Gasteiger partial charge in [-0.3, -0.25) is 0 Å². The van der Waals surface area contributed by atoms with E-state index in [0.29, 0.717) is 6.42 Å². The first-order valence-electron chi connectivity index (χ1n) is 7.00. The second kappa shape index (κ2) is 5.48. The summed E-state index contributed by atoms with van der Waals surface area (Å²) in [5.74, 6) is 0.372. The molecule has 0 amide bonds. The van der Waals surface area contributed by atoms with Crippen molar-refractivity contribution >= 4 is 0 Å². The predicted octanol–water partition coefficient (Wildman–Crippen LogP) is 2.94. The van der Waals surface area contributed by atoms with Gasteiger partial charge in [0.2, 0.25) is 0 Å². The Kier molecular flexibility index (Phi) is 4.12. The van der Waals surface area contributed by atoms with E-state index >= 15 is 0 Å². The predicted molar refractivity (Wildman–Crippen MR) is 77.8 cm³/mol. The van der Waals surface area contributed by atoms with E-state index in [2.05, 4.69) is 18.2 Å². The molecule has 0 aliphatic heterocycles. The number of hydrogen-bond acceptors (Lipinski definition) is 2. The normalized spacial score (nSPS) is 28.1. The Balaban J connectivity index is 2.23. The van der Waals surface area contributed by atoms with E-state index in [1.807, 2.05) is 39.0 Å². The average Bonchev–Trinajstić information content (AvgIpc) is 2.33. The van der Waals surface area contributed by atoms with Gasteiger partial charge in [-0.05, 0) is 56.6 Å². The van der Waals surface area contributed by atoms with Crippen LogP contribution in [0.2, 0.25) is 0 Å². The molecule has 1 aromatic carbocycles. The molecule has 2 nitrogen and oxygen atoms in total. The maximum absolute atomic E-state index is 10.4. The third-order valence-electron chi connectivity index (χ3n) is 4.22. The van der Waals surface area contributed by atoms with Crippen molar-refractivity contribution in [3.63, 3.8) is 0 Å². The summed E-state index contributed by atoms with van der Waals surface area (Å²) in [6.45, 7) is 5.66. The molecule has 0 bridgehead atoms. The van der Waals surface area contributed by atoms with Crippen molar-refractivity contribution in [2.75, 3.05) is 0 Å². The first-order valence-corrected chi connectivity index (χ1v) is 7.00. The van der Waals surface area contributed by atoms with Crippen molar-refractivity contribution in [1.29, 1.82) is 0 Å². The van der Waals surface area contributed by atoms with Gasteiger partial charge in [-0.25, -0.2) is 0 Å². The minimum absolute atomic E-state index is 0.0893. The van der Waals surface area contributed by atoms with E-state index in [1.54, 1.807) is 0 Å². The summed E-state index contributed by atoms with van der Waals surface area (Å²) >= 11 is 0. The monoisotopic (exact) mass is 260 g/mol. The van der Waals surface area contributed by atoms with Gasteiger partial charge in [0.25, 0.3) is 0 Å². The SMILES string of the molecule is CC1=CC(Cc2ccccc2)C(C(C)(C)O)CC1O. The Labute approximate surface area is 115 Å². The minimum atomic E-state index is -0.766. The molecule has 2 heteroatoms. The molecular weight excluding hydrogens is 236 g/mol. The van der Waals surface area contributed by atoms with Crippen LogP contribution in [0.1, 0.15) is 32.8 Å². The number of allylic oxidation sites excluding steroid dienone is 1. The van der Waals surface area contributed by atoms with Gasteiger partial charge in [0, 0.05) is 0 Å². The number of aliphatic hydroxyl groups excluding tert-OH is 1. The van der Waals surface area contributed by atoms with Crippen LogP contribution in [0.3, 0.4) is 0 Å². The van der Waals surface area contributed by atoms with Crippen molar-refractivity contribution < 1.29 is 10.2 Å². The molecule has 3 atom stereocenters. The molecule has 0 heterocycles. The lowest BCUT2D eigenvalue weighted by atomic mass is 9.70. The highest BCUT2D eigenvalue weighted by Gasteiger charge is 2.37. The van der Waals surface area contributed by atoms with E-state index in [9.17, 15) is 10.2 Å². The topological polar surface area (TPSA) is 40.5 Å². The maximum atomic E-state index is 10.4. The Bertz CT molecular complexity index is 442. The molecular formula is C17H24O2. The smallest absolute Gasteiger partial charge is 0.0751 e. The Morgan fingerprint density at radius 3 is 2.42 bits per heavy atom. The summed E-state index contributed by atoms with van der Waals surface area (Å²) in [4.78, 5) is 0. The zero-order valence-electron chi connectivity index (χ0n) is 12.0. The Hall–Kier alpha value is -1.12. The fraction of sp³-hybridized carbons (Fsp3) is 0.529. The quantitative estimate of drug-likeness (QED) is 0.820. The lowest BCUT2D eigenvalue weighted by Gasteiger charge is -2.40. The third kappa shape index (κ3) is 3.46. The second-order valence-corrected chi connectivity index (χ2v) is 6.28. The Morgan fingerprint density at radius 1 is 1.21 bits per heavy atom. The van der Waals surface area contributed by atoms with Crippen LogP contribution in [0.5, 0.6) is 0 Å². The van der Waals surface area contributed by atoms with Crippen molar-refractivity contribution in [2.24, 2.45) is 11.8 Å². The van der Waals surface area contributed by atoms with Gasteiger partial charge in [0.1, 0.15) is 0 Å². The number of rotatable bonds is 3. The van der Waals surface area contributed by atoms with E-state index in [4.69, 9.17) is 0 Å². The molecule has 1 aliphatic carbocycles. The van der Waals surface area contributed by atoms with Crippen LogP contribution in [0, 0.1) is 11.8 Å². The van der Waals surface area contributed by atoms with Crippen LogP contribution in [0.15, 0.2) is 42.0 Å². The summed E-state index contributed by atoms with van der Waals surface area (Å²) < 4.78 is 0. The van der Waals surface area contributed by atoms with Crippen molar-refractivity contribution in [1.82, 2.24) is 0 Å². The Morgan fingerprint density at radius 2 is 1.84 bits per heavy atom. The molecule has 19 heavy (non-hydrogen) atoms. The van der Waals surface area contributed by atoms with E-state index < -0.39 is 11.7 Å². The van der Waals surface area contributed by atoms with E-state index in [1.165, 1.54) is 5.56 Å². The van der Waals surface area contributed by atoms with Crippen LogP contribution >= 0.6 is 0 Å². The summed E-state index contributed by atoms with van der Waals surface area (Å²) in [5, 5.41) is 20.4. The molecule has 0 aromatic heterocycles. The third-order valence-corrected chi connectivity index (χ3v) is 4.22. The first kappa shape index (κ1) is 14.3. The zero-order chi connectivity index (χ0) is 14.0. The zero-order valence-corrected chi connectivity index (χ0v) is 12.0. The standard InChI is InChI=1S/C17H24O2/c1-12-9-14(10-13-7-5-4-6-8-13)15(11-16(12)18)17(2,3)19/h4-9,14-16,18-19H,10-11H2,1-3H3. The van der Waals surface area contributed by atoms with Crippen LogP contribution in [0.4, 0.5) is 0 Å². The number of hydrogen-bond donors (Lipinski definition) is 2. The molecule has 2 N–H and O–H groups in total. The molecule has 3 unspecified atom stereocenters. The maximum Gasteiger partial charge on any atom is 0.0751 e. The van der Waals surface area contributed by atoms with Gasteiger partial charge in [-0.15, -0.1) is 0 Å². The highest BCUT2D eigenvalue weighted by Crippen LogP contribution is 2.38. The van der Waals surface area contributed by atoms with E-state index in [0.717, 1.165) is 12.0 Å². The van der Waals surface area contributed by atoms with Crippen molar-refractivity contribution in [3.05, 3.63) is 47.5 Å². The molecule has 1 aliphatic rings. The van der Waals surface area contributed by atoms with Crippen LogP contribution < -0.4 is 0 Å². The van der Waals surface area contributed by atoms with Gasteiger partial charge in [-0.2, -0.15) is 0 Å². The molecule has 0 saturated heterocycles. The van der Waals surface area contributed by atoms with Gasteiger partial charge in [0.05, 0.1) is 11.7 Å². The van der Waals surface area contributed by atoms with E-state index in [-0.39, 0.29) is 11.8 Å². The van der Waals surface area contributed by atoms with Gasteiger partial charge in [-0.1, -0.05) is 36.4 Å². The summed E-state index contributed by atoms with van der Waals surface area (Å²) in [5.41, 5.74) is 1.54. The van der Waals surface area contributed by atoms with Crippen LogP contribution in [-0.4, -0.2) is 21.9 Å². The number of aliphatic hydroxyl groups is 2. The highest BCUT2D eigenvalue weighted by molar-refractivity contribution is 5.21. The minimum Gasteiger partial charge on any atom is -0.390 e. The lowest BCUT2D eigenvalue weighted by molar-refractivity contribution is -0.0264. The fourth-order valence-electron chi connectivity index (χ4n) is 3.07. The molecule has 1 aromatic rings. The van der Waals surface area contributed by atoms with Gasteiger partial charge >= 0.3 is 0 Å². The number of benzene rings is 1.